The van der Waals surface area contributed by atoms with Crippen molar-refractivity contribution in [3.05, 3.63) is 29.8 Å². The minimum absolute atomic E-state index is 0.0625. The van der Waals surface area contributed by atoms with Crippen LogP contribution < -0.4 is 9.47 Å². The van der Waals surface area contributed by atoms with Gasteiger partial charge in [-0.25, -0.2) is 0 Å². The first-order valence-corrected chi connectivity index (χ1v) is 10.8. The van der Waals surface area contributed by atoms with Crippen molar-refractivity contribution in [1.29, 1.82) is 0 Å². The molecule has 0 heterocycles. The largest absolute Gasteiger partial charge is 0.502 e. The van der Waals surface area contributed by atoms with Crippen LogP contribution in [0.25, 0.3) is 0 Å². The van der Waals surface area contributed by atoms with Crippen LogP contribution in [0.1, 0.15) is 69.8 Å². The molecule has 0 spiro atoms. The number of benzene rings is 1. The predicted octanol–water partition coefficient (Wildman–Crippen LogP) is 5.52. The Morgan fingerprint density at radius 1 is 1.21 bits per heavy atom. The second kappa shape index (κ2) is 9.10. The monoisotopic (exact) mass is 402 g/mol. The molecule has 160 valence electrons. The number of allylic oxidation sites excluding steroid dienone is 2. The highest BCUT2D eigenvalue weighted by Gasteiger charge is 2.43. The summed E-state index contributed by atoms with van der Waals surface area (Å²) in [5, 5.41) is 20.0. The molecule has 1 aromatic carbocycles. The Balaban J connectivity index is 1.81. The molecule has 29 heavy (non-hydrogen) atoms. The zero-order valence-corrected chi connectivity index (χ0v) is 17.8. The van der Waals surface area contributed by atoms with Crippen LogP contribution in [-0.2, 0) is 4.79 Å². The molecule has 5 heteroatoms. The number of fused-ring (bicyclic) bond motifs is 2. The Bertz CT molecular complexity index is 721. The van der Waals surface area contributed by atoms with Crippen LogP contribution >= 0.6 is 0 Å². The van der Waals surface area contributed by atoms with E-state index in [1.54, 1.807) is 12.1 Å². The normalized spacial score (nSPS) is 25.3. The van der Waals surface area contributed by atoms with Gasteiger partial charge in [0.15, 0.2) is 11.5 Å². The Morgan fingerprint density at radius 2 is 1.83 bits per heavy atom. The molecule has 2 fully saturated rings. The number of ether oxygens (including phenoxy) is 2. The molecule has 0 saturated heterocycles. The molecule has 0 amide bonds. The lowest BCUT2D eigenvalue weighted by atomic mass is 9.79. The maximum Gasteiger partial charge on any atom is 0.307 e. The van der Waals surface area contributed by atoms with Crippen LogP contribution in [0, 0.1) is 17.3 Å². The molecule has 0 aromatic heterocycles. The molecule has 2 N–H and O–H groups in total. The molecular weight excluding hydrogens is 368 g/mol. The van der Waals surface area contributed by atoms with Gasteiger partial charge in [0.25, 0.3) is 0 Å². The Morgan fingerprint density at radius 3 is 2.28 bits per heavy atom. The van der Waals surface area contributed by atoms with E-state index >= 15 is 0 Å². The average Bonchev–Trinajstić information content (AvgIpc) is 3.31. The molecule has 1 aromatic rings. The molecule has 2 saturated carbocycles. The number of aliphatic carboxylic acids is 1. The average molecular weight is 403 g/mol. The van der Waals surface area contributed by atoms with Crippen molar-refractivity contribution in [2.24, 2.45) is 17.3 Å². The van der Waals surface area contributed by atoms with E-state index in [1.807, 2.05) is 6.92 Å². The highest BCUT2D eigenvalue weighted by molar-refractivity contribution is 5.71. The second-order valence-corrected chi connectivity index (χ2v) is 8.79. The van der Waals surface area contributed by atoms with E-state index in [2.05, 4.69) is 12.2 Å². The van der Waals surface area contributed by atoms with Crippen LogP contribution in [0.4, 0.5) is 0 Å². The third-order valence-electron chi connectivity index (χ3n) is 7.17. The van der Waals surface area contributed by atoms with Gasteiger partial charge in [-0.15, -0.1) is 0 Å². The van der Waals surface area contributed by atoms with E-state index in [1.165, 1.54) is 46.3 Å². The summed E-state index contributed by atoms with van der Waals surface area (Å²) in [7, 11) is 2.97. The molecule has 2 bridgehead atoms. The zero-order valence-electron chi connectivity index (χ0n) is 17.8. The highest BCUT2D eigenvalue weighted by atomic mass is 16.5. The lowest BCUT2D eigenvalue weighted by molar-refractivity contribution is -0.142. The minimum atomic E-state index is -0.801. The van der Waals surface area contributed by atoms with Gasteiger partial charge in [-0.3, -0.25) is 4.79 Å². The van der Waals surface area contributed by atoms with Crippen molar-refractivity contribution < 1.29 is 24.5 Å². The third-order valence-corrected chi connectivity index (χ3v) is 7.17. The molecular formula is C24H34O5. The molecule has 2 aliphatic rings. The highest BCUT2D eigenvalue weighted by Crippen LogP contribution is 2.56. The maximum absolute atomic E-state index is 11.9. The summed E-state index contributed by atoms with van der Waals surface area (Å²) in [6.45, 7) is 1.90. The Hall–Kier alpha value is -2.17. The summed E-state index contributed by atoms with van der Waals surface area (Å²) in [5.74, 6) is -0.0542. The molecule has 5 nitrogen and oxygen atoms in total. The summed E-state index contributed by atoms with van der Waals surface area (Å²) in [6, 6.07) is 3.47. The van der Waals surface area contributed by atoms with Gasteiger partial charge in [0.1, 0.15) is 0 Å². The topological polar surface area (TPSA) is 76.0 Å². The first-order chi connectivity index (χ1) is 13.9. The van der Waals surface area contributed by atoms with Crippen molar-refractivity contribution in [2.75, 3.05) is 14.2 Å². The van der Waals surface area contributed by atoms with Crippen LogP contribution in [0.15, 0.2) is 24.3 Å². The lowest BCUT2D eigenvalue weighted by Gasteiger charge is -2.25. The summed E-state index contributed by atoms with van der Waals surface area (Å²) in [6.07, 6.45) is 13.5. The predicted molar refractivity (Wildman–Crippen MR) is 113 cm³/mol. The van der Waals surface area contributed by atoms with Gasteiger partial charge < -0.3 is 19.7 Å². The van der Waals surface area contributed by atoms with E-state index in [9.17, 15) is 15.0 Å². The van der Waals surface area contributed by atoms with E-state index in [0.29, 0.717) is 29.8 Å². The second-order valence-electron chi connectivity index (χ2n) is 8.79. The number of rotatable bonds is 10. The molecule has 0 radical (unpaired) electrons. The van der Waals surface area contributed by atoms with E-state index in [-0.39, 0.29) is 11.7 Å². The molecule has 3 rings (SSSR count). The number of aromatic hydroxyl groups is 1. The van der Waals surface area contributed by atoms with Crippen LogP contribution in [0.2, 0.25) is 0 Å². The van der Waals surface area contributed by atoms with Gasteiger partial charge in [0, 0.05) is 5.92 Å². The molecule has 2 unspecified atom stereocenters. The molecule has 2 atom stereocenters. The quantitative estimate of drug-likeness (QED) is 0.504. The van der Waals surface area contributed by atoms with Crippen molar-refractivity contribution in [3.8, 4) is 17.2 Å². The number of phenolic OH excluding ortho intramolecular Hbond substituents is 1. The number of carboxylic acid groups (broad SMARTS) is 1. The van der Waals surface area contributed by atoms with Crippen molar-refractivity contribution in [2.45, 2.75) is 64.2 Å². The van der Waals surface area contributed by atoms with Gasteiger partial charge in [0.2, 0.25) is 5.75 Å². The van der Waals surface area contributed by atoms with Crippen LogP contribution in [0.3, 0.4) is 0 Å². The lowest BCUT2D eigenvalue weighted by Crippen LogP contribution is -2.21. The summed E-state index contributed by atoms with van der Waals surface area (Å²) >= 11 is 0. The Labute approximate surface area is 173 Å². The standard InChI is InChI=1S/C24H34O5/c1-4-18(23(26)27)19(17-13-20(28-2)22(25)21(14-17)29-3)7-5-6-10-24-11-8-16(15-24)9-12-24/h5-6,13-14,16,18-19,25H,4,7-12,15H2,1-3H3,(H,26,27). The number of phenols is 1. The third kappa shape index (κ3) is 4.54. The van der Waals surface area contributed by atoms with Crippen molar-refractivity contribution in [1.82, 2.24) is 0 Å². The van der Waals surface area contributed by atoms with E-state index in [0.717, 1.165) is 17.9 Å². The Kier molecular flexibility index (Phi) is 6.76. The van der Waals surface area contributed by atoms with E-state index in [4.69, 9.17) is 9.47 Å². The van der Waals surface area contributed by atoms with Gasteiger partial charge >= 0.3 is 5.97 Å². The van der Waals surface area contributed by atoms with Gasteiger partial charge in [-0.1, -0.05) is 19.1 Å². The van der Waals surface area contributed by atoms with Crippen LogP contribution in [0.5, 0.6) is 17.2 Å². The summed E-state index contributed by atoms with van der Waals surface area (Å²) < 4.78 is 10.6. The SMILES string of the molecule is CCC(C(=O)O)C(CC=CCC12CCC(CC1)C2)c1cc(OC)c(O)c(OC)c1. The minimum Gasteiger partial charge on any atom is -0.502 e. The van der Waals surface area contributed by atoms with Crippen molar-refractivity contribution >= 4 is 5.97 Å². The van der Waals surface area contributed by atoms with Crippen molar-refractivity contribution in [3.63, 3.8) is 0 Å². The fourth-order valence-corrected chi connectivity index (χ4v) is 5.47. The first kappa shape index (κ1) is 21.5. The number of hydrogen-bond donors (Lipinski definition) is 2. The molecule has 0 aliphatic heterocycles. The fraction of sp³-hybridized carbons (Fsp3) is 0.625. The molecule has 2 aliphatic carbocycles. The fourth-order valence-electron chi connectivity index (χ4n) is 5.47. The number of methoxy groups -OCH3 is 2. The number of carboxylic acids is 1. The zero-order chi connectivity index (χ0) is 21.0. The van der Waals surface area contributed by atoms with Gasteiger partial charge in [0.05, 0.1) is 20.1 Å². The number of hydrogen-bond acceptors (Lipinski definition) is 4. The van der Waals surface area contributed by atoms with Crippen LogP contribution in [-0.4, -0.2) is 30.4 Å². The summed E-state index contributed by atoms with van der Waals surface area (Å²) in [5.41, 5.74) is 1.31. The first-order valence-electron chi connectivity index (χ1n) is 10.8. The smallest absolute Gasteiger partial charge is 0.307 e. The van der Waals surface area contributed by atoms with Gasteiger partial charge in [-0.05, 0) is 80.4 Å². The maximum atomic E-state index is 11.9. The van der Waals surface area contributed by atoms with E-state index < -0.39 is 11.9 Å². The number of carbonyl (C=O) groups is 1. The van der Waals surface area contributed by atoms with Gasteiger partial charge in [-0.2, -0.15) is 0 Å². The summed E-state index contributed by atoms with van der Waals surface area (Å²) in [4.78, 5) is 11.9.